The van der Waals surface area contributed by atoms with E-state index in [-0.39, 0.29) is 11.7 Å². The fourth-order valence-corrected chi connectivity index (χ4v) is 3.44. The summed E-state index contributed by atoms with van der Waals surface area (Å²) in [5.41, 5.74) is 6.76. The fraction of sp³-hybridized carbons (Fsp3) is 0.0714. The number of nitrogens with zero attached hydrogens (tertiary/aromatic N) is 1. The SMILES string of the molecule is NC(=O)c1ccsc1NC(=O)CSc1nc2ccc(Cl)cc2o1. The van der Waals surface area contributed by atoms with Crippen molar-refractivity contribution in [2.24, 2.45) is 5.73 Å². The van der Waals surface area contributed by atoms with Crippen molar-refractivity contribution in [1.82, 2.24) is 4.98 Å². The van der Waals surface area contributed by atoms with Crippen LogP contribution in [-0.4, -0.2) is 22.6 Å². The van der Waals surface area contributed by atoms with Crippen LogP contribution in [0.2, 0.25) is 5.02 Å². The number of rotatable bonds is 5. The summed E-state index contributed by atoms with van der Waals surface area (Å²) < 4.78 is 5.51. The van der Waals surface area contributed by atoms with Crippen LogP contribution >= 0.6 is 34.7 Å². The standard InChI is InChI=1S/C14H10ClN3O3S2/c15-7-1-2-9-10(5-7)21-14(17-9)23-6-11(19)18-13-8(12(16)20)3-4-22-13/h1-5H,6H2,(H2,16,20)(H,18,19). The van der Waals surface area contributed by atoms with E-state index in [0.717, 1.165) is 11.8 Å². The second kappa shape index (κ2) is 6.61. The average Bonchev–Trinajstić information content (AvgIpc) is 3.10. The quantitative estimate of drug-likeness (QED) is 0.673. The summed E-state index contributed by atoms with van der Waals surface area (Å²) in [6, 6.07) is 6.70. The Labute approximate surface area is 144 Å². The van der Waals surface area contributed by atoms with Crippen molar-refractivity contribution in [1.29, 1.82) is 0 Å². The zero-order valence-corrected chi connectivity index (χ0v) is 13.9. The highest BCUT2D eigenvalue weighted by Gasteiger charge is 2.14. The van der Waals surface area contributed by atoms with Gasteiger partial charge in [-0.05, 0) is 23.6 Å². The molecule has 0 saturated heterocycles. The summed E-state index contributed by atoms with van der Waals surface area (Å²) in [5, 5.41) is 5.71. The number of nitrogens with two attached hydrogens (primary N) is 1. The first-order valence-corrected chi connectivity index (χ1v) is 8.63. The minimum Gasteiger partial charge on any atom is -0.431 e. The first kappa shape index (κ1) is 15.9. The third-order valence-corrected chi connectivity index (χ3v) is 4.73. The highest BCUT2D eigenvalue weighted by molar-refractivity contribution is 7.99. The zero-order valence-electron chi connectivity index (χ0n) is 11.5. The van der Waals surface area contributed by atoms with E-state index >= 15 is 0 Å². The second-order valence-electron chi connectivity index (χ2n) is 4.46. The van der Waals surface area contributed by atoms with E-state index in [1.807, 2.05) is 0 Å². The van der Waals surface area contributed by atoms with E-state index in [1.165, 1.54) is 11.3 Å². The van der Waals surface area contributed by atoms with Crippen molar-refractivity contribution in [3.63, 3.8) is 0 Å². The molecule has 0 bridgehead atoms. The number of primary amides is 1. The van der Waals surface area contributed by atoms with Crippen molar-refractivity contribution in [3.05, 3.63) is 40.2 Å². The maximum absolute atomic E-state index is 12.0. The van der Waals surface area contributed by atoms with Gasteiger partial charge in [0.25, 0.3) is 11.1 Å². The third kappa shape index (κ3) is 3.66. The molecule has 0 spiro atoms. The number of nitrogens with one attached hydrogen (secondary N) is 1. The van der Waals surface area contributed by atoms with Crippen molar-refractivity contribution < 1.29 is 14.0 Å². The topological polar surface area (TPSA) is 98.2 Å². The lowest BCUT2D eigenvalue weighted by atomic mass is 10.3. The van der Waals surface area contributed by atoms with Crippen molar-refractivity contribution in [2.45, 2.75) is 5.22 Å². The molecular weight excluding hydrogens is 358 g/mol. The number of aromatic nitrogens is 1. The maximum Gasteiger partial charge on any atom is 0.257 e. The van der Waals surface area contributed by atoms with E-state index in [9.17, 15) is 9.59 Å². The molecule has 3 N–H and O–H groups in total. The second-order valence-corrected chi connectivity index (χ2v) is 6.74. The van der Waals surface area contributed by atoms with Crippen LogP contribution in [0.4, 0.5) is 5.00 Å². The number of oxazole rings is 1. The molecule has 0 radical (unpaired) electrons. The molecule has 2 amide bonds. The van der Waals surface area contributed by atoms with Gasteiger partial charge in [-0.15, -0.1) is 11.3 Å². The van der Waals surface area contributed by atoms with E-state index in [4.69, 9.17) is 21.8 Å². The van der Waals surface area contributed by atoms with Crippen LogP contribution in [0, 0.1) is 0 Å². The van der Waals surface area contributed by atoms with Gasteiger partial charge in [-0.1, -0.05) is 23.4 Å². The van der Waals surface area contributed by atoms with Gasteiger partial charge in [0.15, 0.2) is 5.58 Å². The van der Waals surface area contributed by atoms with Crippen LogP contribution in [0.5, 0.6) is 0 Å². The van der Waals surface area contributed by atoms with Crippen LogP contribution in [0.25, 0.3) is 11.1 Å². The molecule has 9 heteroatoms. The van der Waals surface area contributed by atoms with Gasteiger partial charge in [-0.2, -0.15) is 0 Å². The normalized spacial score (nSPS) is 10.8. The summed E-state index contributed by atoms with van der Waals surface area (Å²) in [5.74, 6) is -0.762. The van der Waals surface area contributed by atoms with Crippen molar-refractivity contribution in [3.8, 4) is 0 Å². The Balaban J connectivity index is 1.63. The number of anilines is 1. The Hall–Kier alpha value is -2.03. The molecule has 2 heterocycles. The molecule has 3 rings (SSSR count). The molecule has 0 atom stereocenters. The molecule has 118 valence electrons. The number of hydrogen-bond acceptors (Lipinski definition) is 6. The summed E-state index contributed by atoms with van der Waals surface area (Å²) in [7, 11) is 0. The first-order chi connectivity index (χ1) is 11.0. The number of thioether (sulfide) groups is 1. The van der Waals surface area contributed by atoms with E-state index in [1.54, 1.807) is 29.6 Å². The number of carbonyl (C=O) groups excluding carboxylic acids is 2. The molecule has 3 aromatic rings. The summed E-state index contributed by atoms with van der Waals surface area (Å²) in [4.78, 5) is 27.4. The number of hydrogen-bond donors (Lipinski definition) is 2. The van der Waals surface area contributed by atoms with Crippen LogP contribution in [0.3, 0.4) is 0 Å². The Morgan fingerprint density at radius 3 is 3.00 bits per heavy atom. The molecule has 0 aliphatic rings. The molecule has 1 aromatic carbocycles. The molecule has 0 aliphatic carbocycles. The number of fused-ring (bicyclic) bond motifs is 1. The van der Waals surface area contributed by atoms with Gasteiger partial charge in [0, 0.05) is 11.1 Å². The molecule has 2 aromatic heterocycles. The lowest BCUT2D eigenvalue weighted by Gasteiger charge is -2.02. The molecule has 0 aliphatic heterocycles. The highest BCUT2D eigenvalue weighted by Crippen LogP contribution is 2.27. The van der Waals surface area contributed by atoms with Gasteiger partial charge in [-0.25, -0.2) is 4.98 Å². The Kier molecular flexibility index (Phi) is 4.56. The number of thiophene rings is 1. The van der Waals surface area contributed by atoms with Gasteiger partial charge in [0.1, 0.15) is 10.5 Å². The Morgan fingerprint density at radius 2 is 2.22 bits per heavy atom. The average molecular weight is 368 g/mol. The molecular formula is C14H10ClN3O3S2. The number of amides is 2. The third-order valence-electron chi connectivity index (χ3n) is 2.84. The van der Waals surface area contributed by atoms with Crippen molar-refractivity contribution >= 4 is 62.6 Å². The smallest absolute Gasteiger partial charge is 0.257 e. The Bertz CT molecular complexity index is 890. The molecule has 23 heavy (non-hydrogen) atoms. The fourth-order valence-electron chi connectivity index (χ4n) is 1.83. The monoisotopic (exact) mass is 367 g/mol. The summed E-state index contributed by atoms with van der Waals surface area (Å²) in [6.45, 7) is 0. The number of benzene rings is 1. The number of carbonyl (C=O) groups is 2. The van der Waals surface area contributed by atoms with E-state index < -0.39 is 5.91 Å². The van der Waals surface area contributed by atoms with Crippen LogP contribution in [-0.2, 0) is 4.79 Å². The molecule has 6 nitrogen and oxygen atoms in total. The molecule has 0 unspecified atom stereocenters. The lowest BCUT2D eigenvalue weighted by molar-refractivity contribution is -0.113. The minimum absolute atomic E-state index is 0.0939. The largest absolute Gasteiger partial charge is 0.431 e. The lowest BCUT2D eigenvalue weighted by Crippen LogP contribution is -2.17. The van der Waals surface area contributed by atoms with Crippen LogP contribution in [0.1, 0.15) is 10.4 Å². The first-order valence-electron chi connectivity index (χ1n) is 6.39. The van der Waals surface area contributed by atoms with Gasteiger partial charge >= 0.3 is 0 Å². The summed E-state index contributed by atoms with van der Waals surface area (Å²) in [6.07, 6.45) is 0. The highest BCUT2D eigenvalue weighted by atomic mass is 35.5. The predicted octanol–water partition coefficient (Wildman–Crippen LogP) is 3.37. The summed E-state index contributed by atoms with van der Waals surface area (Å²) >= 11 is 8.27. The van der Waals surface area contributed by atoms with Crippen LogP contribution in [0.15, 0.2) is 39.3 Å². The van der Waals surface area contributed by atoms with Crippen molar-refractivity contribution in [2.75, 3.05) is 11.1 Å². The maximum atomic E-state index is 12.0. The van der Waals surface area contributed by atoms with Gasteiger partial charge in [0.05, 0.1) is 11.3 Å². The van der Waals surface area contributed by atoms with Crippen LogP contribution < -0.4 is 11.1 Å². The van der Waals surface area contributed by atoms with E-state index in [0.29, 0.717) is 31.9 Å². The predicted molar refractivity (Wildman–Crippen MR) is 91.2 cm³/mol. The Morgan fingerprint density at radius 1 is 1.39 bits per heavy atom. The molecule has 0 saturated carbocycles. The van der Waals surface area contributed by atoms with Gasteiger partial charge in [-0.3, -0.25) is 9.59 Å². The van der Waals surface area contributed by atoms with Gasteiger partial charge in [0.2, 0.25) is 5.91 Å². The zero-order chi connectivity index (χ0) is 16.4. The van der Waals surface area contributed by atoms with E-state index in [2.05, 4.69) is 10.3 Å². The number of halogens is 1. The van der Waals surface area contributed by atoms with Gasteiger partial charge < -0.3 is 15.5 Å². The minimum atomic E-state index is -0.579. The molecule has 0 fully saturated rings.